The molecule has 0 aliphatic rings. The Hall–Kier alpha value is -3.84. The highest BCUT2D eigenvalue weighted by Crippen LogP contribution is 2.34. The molecule has 39 heavy (non-hydrogen) atoms. The van der Waals surface area contributed by atoms with Crippen molar-refractivity contribution in [3.8, 4) is 28.7 Å². The van der Waals surface area contributed by atoms with Crippen LogP contribution in [0, 0.1) is 11.3 Å². The summed E-state index contributed by atoms with van der Waals surface area (Å²) in [6.45, 7) is 14.0. The third-order valence-electron chi connectivity index (χ3n) is 6.74. The minimum Gasteiger partial charge on any atom is -0.496 e. The number of hydrogen-bond donors (Lipinski definition) is 0. The second-order valence-corrected chi connectivity index (χ2v) is 9.29. The Balaban J connectivity index is 0.00000261. The first-order chi connectivity index (χ1) is 18.9. The zero-order valence-corrected chi connectivity index (χ0v) is 24.9. The summed E-state index contributed by atoms with van der Waals surface area (Å²) in [5, 5.41) is 9.86. The van der Waals surface area contributed by atoms with Gasteiger partial charge in [-0.3, -0.25) is 4.79 Å². The Bertz CT molecular complexity index is 1340. The molecule has 0 aliphatic heterocycles. The van der Waals surface area contributed by atoms with Crippen molar-refractivity contribution >= 4 is 17.4 Å². The van der Waals surface area contributed by atoms with Gasteiger partial charge in [0.1, 0.15) is 17.6 Å². The normalized spacial score (nSPS) is 11.6. The molecule has 4 heteroatoms. The summed E-state index contributed by atoms with van der Waals surface area (Å²) in [6.07, 6.45) is 6.05. The number of methoxy groups -OCH3 is 1. The van der Waals surface area contributed by atoms with Crippen LogP contribution < -0.4 is 9.47 Å². The van der Waals surface area contributed by atoms with Gasteiger partial charge in [-0.25, -0.2) is 0 Å². The Kier molecular flexibility index (Phi) is 12.5. The number of nitriles is 1. The van der Waals surface area contributed by atoms with E-state index in [4.69, 9.17) is 9.47 Å². The van der Waals surface area contributed by atoms with Crippen LogP contribution in [0.3, 0.4) is 0 Å². The monoisotopic (exact) mass is 527 g/mol. The fourth-order valence-corrected chi connectivity index (χ4v) is 4.69. The molecular weight excluding hydrogens is 482 g/mol. The van der Waals surface area contributed by atoms with E-state index in [1.807, 2.05) is 44.2 Å². The van der Waals surface area contributed by atoms with Gasteiger partial charge in [-0.05, 0) is 79.1 Å². The minimum atomic E-state index is 0. The van der Waals surface area contributed by atoms with E-state index in [1.165, 1.54) is 5.56 Å². The molecular formula is C35H45NO3. The van der Waals surface area contributed by atoms with Gasteiger partial charge in [-0.1, -0.05) is 83.5 Å². The molecule has 0 amide bonds. The average Bonchev–Trinajstić information content (AvgIpc) is 2.97. The van der Waals surface area contributed by atoms with Crippen LogP contribution in [0.1, 0.15) is 102 Å². The third kappa shape index (κ3) is 7.83. The van der Waals surface area contributed by atoms with Crippen molar-refractivity contribution in [2.45, 2.75) is 80.3 Å². The van der Waals surface area contributed by atoms with E-state index in [0.29, 0.717) is 22.6 Å². The van der Waals surface area contributed by atoms with Crippen LogP contribution in [0.5, 0.6) is 11.5 Å². The Morgan fingerprint density at radius 3 is 2.36 bits per heavy atom. The molecule has 0 aromatic heterocycles. The fourth-order valence-electron chi connectivity index (χ4n) is 4.69. The molecule has 3 aromatic carbocycles. The highest BCUT2D eigenvalue weighted by molar-refractivity contribution is 5.95. The number of hydrogen-bond acceptors (Lipinski definition) is 4. The summed E-state index contributed by atoms with van der Waals surface area (Å²) >= 11 is 0. The fraction of sp³-hybridized carbons (Fsp3) is 0.371. The highest BCUT2D eigenvalue weighted by Gasteiger charge is 2.15. The van der Waals surface area contributed by atoms with Crippen molar-refractivity contribution in [2.75, 3.05) is 7.11 Å². The van der Waals surface area contributed by atoms with E-state index in [1.54, 1.807) is 20.1 Å². The lowest BCUT2D eigenvalue weighted by Gasteiger charge is -2.19. The molecule has 0 bridgehead atoms. The summed E-state index contributed by atoms with van der Waals surface area (Å²) < 4.78 is 11.8. The van der Waals surface area contributed by atoms with Crippen molar-refractivity contribution < 1.29 is 15.7 Å². The number of nitrogens with zero attached hydrogens (tertiary/aromatic N) is 1. The molecule has 1 atom stereocenters. The summed E-state index contributed by atoms with van der Waals surface area (Å²) in [6, 6.07) is 20.1. The molecule has 0 heterocycles. The minimum absolute atomic E-state index is 0. The molecule has 0 N–H and O–H groups in total. The number of carbonyl (C=O) groups is 1. The molecule has 0 spiro atoms. The Labute approximate surface area is 236 Å². The molecule has 0 saturated carbocycles. The molecule has 4 nitrogen and oxygen atoms in total. The highest BCUT2D eigenvalue weighted by atomic mass is 16.5. The van der Waals surface area contributed by atoms with Crippen molar-refractivity contribution in [2.24, 2.45) is 0 Å². The second kappa shape index (κ2) is 15.5. The maximum atomic E-state index is 11.8. The number of rotatable bonds is 11. The summed E-state index contributed by atoms with van der Waals surface area (Å²) in [4.78, 5) is 11.8. The van der Waals surface area contributed by atoms with Crippen LogP contribution in [0.2, 0.25) is 0 Å². The predicted molar refractivity (Wildman–Crippen MR) is 166 cm³/mol. The molecule has 0 aliphatic carbocycles. The Morgan fingerprint density at radius 1 is 1.03 bits per heavy atom. The number of Topliss-reactive ketones (excluding diaryl/α,β-unsaturated/α-hetero) is 1. The summed E-state index contributed by atoms with van der Waals surface area (Å²) in [5.74, 6) is 1.34. The van der Waals surface area contributed by atoms with Crippen LogP contribution in [0.15, 0.2) is 54.6 Å². The van der Waals surface area contributed by atoms with Gasteiger partial charge in [-0.2, -0.15) is 5.26 Å². The van der Waals surface area contributed by atoms with E-state index in [2.05, 4.69) is 58.0 Å². The molecule has 0 radical (unpaired) electrons. The van der Waals surface area contributed by atoms with Crippen molar-refractivity contribution in [3.63, 3.8) is 0 Å². The molecule has 1 unspecified atom stereocenters. The zero-order chi connectivity index (χ0) is 28.9. The van der Waals surface area contributed by atoms with Crippen molar-refractivity contribution in [1.82, 2.24) is 0 Å². The molecule has 3 aromatic rings. The van der Waals surface area contributed by atoms with Crippen molar-refractivity contribution in [3.05, 3.63) is 82.4 Å². The van der Waals surface area contributed by atoms with Crippen molar-refractivity contribution in [1.29, 1.82) is 5.26 Å². The average molecular weight is 528 g/mol. The predicted octanol–water partition coefficient (Wildman–Crippen LogP) is 9.79. The van der Waals surface area contributed by atoms with Crippen LogP contribution in [0.25, 0.3) is 22.8 Å². The van der Waals surface area contributed by atoms with E-state index < -0.39 is 0 Å². The topological polar surface area (TPSA) is 59.3 Å². The van der Waals surface area contributed by atoms with Crippen LogP contribution in [-0.4, -0.2) is 19.0 Å². The quantitative estimate of drug-likeness (QED) is 0.184. The van der Waals surface area contributed by atoms with Crippen LogP contribution in [-0.2, 0) is 6.42 Å². The first-order valence-corrected chi connectivity index (χ1v) is 14.1. The lowest BCUT2D eigenvalue weighted by atomic mass is 9.91. The van der Waals surface area contributed by atoms with Gasteiger partial charge in [0.05, 0.1) is 18.8 Å². The molecule has 208 valence electrons. The molecule has 0 saturated heterocycles. The van der Waals surface area contributed by atoms with Gasteiger partial charge in [0.2, 0.25) is 0 Å². The standard InChI is InChI=1S/C33H37NO3.C2H6.H2/c1-7-11-28(8-2)37-32-17-15-26(19-27(32)21-34)31-13-10-12-25(29(31)9-3)18-22(4)30-16-14-24(23(5)35)20-33(30)36-6;1-2;/h10,12-20,28H,7-9,11H2,1-6H3;1-2H3;1H/b22-18+;;. The Morgan fingerprint density at radius 2 is 1.77 bits per heavy atom. The molecule has 0 fully saturated rings. The number of ether oxygens (including phenoxy) is 2. The van der Waals surface area contributed by atoms with Gasteiger partial charge in [0.25, 0.3) is 0 Å². The first kappa shape index (κ1) is 31.4. The smallest absolute Gasteiger partial charge is 0.159 e. The van der Waals surface area contributed by atoms with E-state index >= 15 is 0 Å². The summed E-state index contributed by atoms with van der Waals surface area (Å²) in [5.41, 5.74) is 7.60. The van der Waals surface area contributed by atoms with Gasteiger partial charge >= 0.3 is 0 Å². The largest absolute Gasteiger partial charge is 0.496 e. The van der Waals surface area contributed by atoms with Gasteiger partial charge in [-0.15, -0.1) is 0 Å². The van der Waals surface area contributed by atoms with Crippen LogP contribution >= 0.6 is 0 Å². The van der Waals surface area contributed by atoms with Gasteiger partial charge in [0, 0.05) is 12.6 Å². The van der Waals surface area contributed by atoms with Crippen LogP contribution in [0.4, 0.5) is 0 Å². The number of ketones is 1. The molecule has 3 rings (SSSR count). The third-order valence-corrected chi connectivity index (χ3v) is 6.74. The van der Waals surface area contributed by atoms with E-state index in [9.17, 15) is 10.1 Å². The maximum absolute atomic E-state index is 11.8. The lowest BCUT2D eigenvalue weighted by Crippen LogP contribution is -2.15. The van der Waals surface area contributed by atoms with Gasteiger partial charge < -0.3 is 9.47 Å². The SMILES string of the molecule is CC.CCCC(CC)Oc1ccc(-c2cccc(/C=C(\C)c3ccc(C(C)=O)cc3OC)c2CC)cc1C#N.[HH]. The van der Waals surface area contributed by atoms with Gasteiger partial charge in [0.15, 0.2) is 5.78 Å². The summed E-state index contributed by atoms with van der Waals surface area (Å²) in [7, 11) is 1.62. The number of benzene rings is 3. The number of carbonyl (C=O) groups excluding carboxylic acids is 1. The second-order valence-electron chi connectivity index (χ2n) is 9.29. The van der Waals surface area contributed by atoms with E-state index in [0.717, 1.165) is 53.5 Å². The first-order valence-electron chi connectivity index (χ1n) is 14.1. The zero-order valence-electron chi connectivity index (χ0n) is 24.9. The lowest BCUT2D eigenvalue weighted by molar-refractivity contribution is 0.101. The maximum Gasteiger partial charge on any atom is 0.159 e. The number of allylic oxidation sites excluding steroid dienone is 1. The van der Waals surface area contributed by atoms with E-state index in [-0.39, 0.29) is 13.3 Å².